The van der Waals surface area contributed by atoms with Crippen LogP contribution in [0, 0.1) is 11.6 Å². The number of amides is 1. The molecule has 2 N–H and O–H groups in total. The molecule has 0 aromatic heterocycles. The molecule has 0 spiro atoms. The summed E-state index contributed by atoms with van der Waals surface area (Å²) in [5.74, 6) is -5.62. The molecular weight excluding hydrogens is 545 g/mol. The van der Waals surface area contributed by atoms with Gasteiger partial charge in [0.2, 0.25) is 5.88 Å². The number of rotatable bonds is 8. The first-order chi connectivity index (χ1) is 16.5. The summed E-state index contributed by atoms with van der Waals surface area (Å²) in [6.07, 6.45) is -4.75. The molecular formula is C22H19BrF5N3O4. The molecule has 2 aromatic carbocycles. The van der Waals surface area contributed by atoms with E-state index in [1.807, 2.05) is 6.07 Å². The number of alkyl halides is 3. The maximum Gasteiger partial charge on any atom is 0.493 e. The Morgan fingerprint density at radius 3 is 2.49 bits per heavy atom. The van der Waals surface area contributed by atoms with Gasteiger partial charge >= 0.3 is 12.1 Å². The largest absolute Gasteiger partial charge is 0.493 e. The predicted molar refractivity (Wildman–Crippen MR) is 116 cm³/mol. The van der Waals surface area contributed by atoms with Crippen molar-refractivity contribution in [2.75, 3.05) is 13.2 Å². The first kappa shape index (κ1) is 26.4. The summed E-state index contributed by atoms with van der Waals surface area (Å²) in [7, 11) is 0. The molecule has 1 amide bonds. The molecule has 0 atom stereocenters. The van der Waals surface area contributed by atoms with Gasteiger partial charge in [-0.05, 0) is 52.2 Å². The van der Waals surface area contributed by atoms with Crippen LogP contribution in [0.4, 0.5) is 22.0 Å². The van der Waals surface area contributed by atoms with E-state index in [9.17, 15) is 31.5 Å². The summed E-state index contributed by atoms with van der Waals surface area (Å²) in [6, 6.07) is 9.69. The van der Waals surface area contributed by atoms with Gasteiger partial charge in [0.25, 0.3) is 5.91 Å². The van der Waals surface area contributed by atoms with E-state index in [-0.39, 0.29) is 16.6 Å². The third-order valence-corrected chi connectivity index (χ3v) is 5.47. The molecule has 0 aliphatic carbocycles. The molecule has 1 aliphatic rings. The zero-order valence-electron chi connectivity index (χ0n) is 17.9. The second-order valence-corrected chi connectivity index (χ2v) is 8.19. The van der Waals surface area contributed by atoms with Crippen molar-refractivity contribution < 1.29 is 41.1 Å². The summed E-state index contributed by atoms with van der Waals surface area (Å²) in [6.45, 7) is -0.841. The van der Waals surface area contributed by atoms with E-state index in [2.05, 4.69) is 20.8 Å². The average molecular weight is 564 g/mol. The van der Waals surface area contributed by atoms with Gasteiger partial charge < -0.3 is 20.2 Å². The third-order valence-electron chi connectivity index (χ3n) is 4.79. The van der Waals surface area contributed by atoms with Crippen LogP contribution in [0.5, 0.6) is 0 Å². The molecule has 13 heteroatoms. The van der Waals surface area contributed by atoms with Crippen molar-refractivity contribution in [2.24, 2.45) is 5.73 Å². The zero-order chi connectivity index (χ0) is 25.8. The first-order valence-electron chi connectivity index (χ1n) is 10.1. The van der Waals surface area contributed by atoms with E-state index in [0.717, 1.165) is 22.6 Å². The Morgan fingerprint density at radius 1 is 1.11 bits per heavy atom. The van der Waals surface area contributed by atoms with Crippen molar-refractivity contribution in [1.82, 2.24) is 9.96 Å². The normalized spacial score (nSPS) is 14.4. The minimum atomic E-state index is -5.33. The molecule has 0 unspecified atom stereocenters. The lowest BCUT2D eigenvalue weighted by Gasteiger charge is -2.36. The van der Waals surface area contributed by atoms with Crippen LogP contribution in [0.15, 0.2) is 52.8 Å². The van der Waals surface area contributed by atoms with Crippen molar-refractivity contribution in [1.29, 1.82) is 0 Å². The summed E-state index contributed by atoms with van der Waals surface area (Å²) >= 11 is 2.98. The van der Waals surface area contributed by atoms with Crippen LogP contribution in [0.2, 0.25) is 0 Å². The van der Waals surface area contributed by atoms with Crippen LogP contribution in [-0.2, 0) is 38.7 Å². The highest BCUT2D eigenvalue weighted by Crippen LogP contribution is 2.30. The molecule has 188 valence electrons. The van der Waals surface area contributed by atoms with Crippen molar-refractivity contribution in [3.8, 4) is 0 Å². The average Bonchev–Trinajstić information content (AvgIpc) is 2.78. The molecule has 1 heterocycles. The number of benzene rings is 2. The van der Waals surface area contributed by atoms with E-state index in [0.29, 0.717) is 29.7 Å². The minimum absolute atomic E-state index is 0.0354. The van der Waals surface area contributed by atoms with Crippen LogP contribution in [0.25, 0.3) is 0 Å². The van der Waals surface area contributed by atoms with Crippen LogP contribution in [0.1, 0.15) is 16.7 Å². The Morgan fingerprint density at radius 2 is 1.83 bits per heavy atom. The number of hydrogen-bond donors (Lipinski definition) is 1. The highest BCUT2D eigenvalue weighted by Gasteiger charge is 2.45. The van der Waals surface area contributed by atoms with E-state index >= 15 is 0 Å². The lowest BCUT2D eigenvalue weighted by atomic mass is 10.1. The van der Waals surface area contributed by atoms with Crippen LogP contribution < -0.4 is 5.73 Å². The maximum atomic E-state index is 14.0. The molecule has 2 aromatic rings. The molecule has 0 bridgehead atoms. The molecule has 1 aliphatic heterocycles. The van der Waals surface area contributed by atoms with E-state index < -0.39 is 48.8 Å². The number of nitrogens with zero attached hydrogens (tertiary/aromatic N) is 2. The first-order valence-corrected chi connectivity index (χ1v) is 10.9. The number of hydrogen-bond acceptors (Lipinski definition) is 6. The topological polar surface area (TPSA) is 85.1 Å². The lowest BCUT2D eigenvalue weighted by molar-refractivity contribution is -0.247. The van der Waals surface area contributed by atoms with E-state index in [1.54, 1.807) is 18.2 Å². The van der Waals surface area contributed by atoms with Gasteiger partial charge in [-0.2, -0.15) is 18.2 Å². The Bertz CT molecular complexity index is 1140. The SMILES string of the molecule is NCCc1cccc(CN2CN(OC(=O)C(F)(F)F)C(OCc3ccc(F)cc3F)=C(Br)C2=O)c1. The van der Waals surface area contributed by atoms with Crippen molar-refractivity contribution in [3.63, 3.8) is 0 Å². The number of carbonyl (C=O) groups is 2. The van der Waals surface area contributed by atoms with Crippen LogP contribution >= 0.6 is 15.9 Å². The predicted octanol–water partition coefficient (Wildman–Crippen LogP) is 3.87. The highest BCUT2D eigenvalue weighted by molar-refractivity contribution is 9.12. The lowest BCUT2D eigenvalue weighted by Crippen LogP contribution is -2.48. The van der Waals surface area contributed by atoms with E-state index in [4.69, 9.17) is 10.5 Å². The van der Waals surface area contributed by atoms with Crippen molar-refractivity contribution in [2.45, 2.75) is 25.7 Å². The smallest absolute Gasteiger partial charge is 0.471 e. The molecule has 0 saturated heterocycles. The van der Waals surface area contributed by atoms with Gasteiger partial charge in [0, 0.05) is 18.2 Å². The van der Waals surface area contributed by atoms with Gasteiger partial charge in [-0.15, -0.1) is 0 Å². The number of carbonyl (C=O) groups excluding carboxylic acids is 2. The highest BCUT2D eigenvalue weighted by atomic mass is 79.9. The van der Waals surface area contributed by atoms with Gasteiger partial charge in [0.1, 0.15) is 29.4 Å². The molecule has 0 radical (unpaired) electrons. The quantitative estimate of drug-likeness (QED) is 0.491. The van der Waals surface area contributed by atoms with Gasteiger partial charge in [-0.25, -0.2) is 13.6 Å². The number of halogens is 6. The summed E-state index contributed by atoms with van der Waals surface area (Å²) in [4.78, 5) is 30.0. The zero-order valence-corrected chi connectivity index (χ0v) is 19.5. The van der Waals surface area contributed by atoms with Crippen LogP contribution in [0.3, 0.4) is 0 Å². The van der Waals surface area contributed by atoms with Crippen LogP contribution in [-0.4, -0.2) is 41.2 Å². The van der Waals surface area contributed by atoms with Gasteiger partial charge in [0.15, 0.2) is 0 Å². The molecule has 7 nitrogen and oxygen atoms in total. The molecule has 0 saturated carbocycles. The Hall–Kier alpha value is -3.19. The summed E-state index contributed by atoms with van der Waals surface area (Å²) < 4.78 is 70.7. The fourth-order valence-electron chi connectivity index (χ4n) is 3.16. The van der Waals surface area contributed by atoms with Gasteiger partial charge in [-0.3, -0.25) is 4.79 Å². The Labute approximate surface area is 205 Å². The Kier molecular flexibility index (Phi) is 8.33. The second-order valence-electron chi connectivity index (χ2n) is 7.40. The van der Waals surface area contributed by atoms with Gasteiger partial charge in [-0.1, -0.05) is 24.3 Å². The number of ether oxygens (including phenoxy) is 1. The minimum Gasteiger partial charge on any atom is -0.471 e. The molecule has 3 rings (SSSR count). The fourth-order valence-corrected chi connectivity index (χ4v) is 3.72. The Balaban J connectivity index is 1.87. The summed E-state index contributed by atoms with van der Waals surface area (Å²) in [5.41, 5.74) is 6.97. The maximum absolute atomic E-state index is 14.0. The fraction of sp³-hybridized carbons (Fsp3) is 0.273. The van der Waals surface area contributed by atoms with Gasteiger partial charge in [0.05, 0.1) is 0 Å². The number of nitrogens with two attached hydrogens (primary N) is 1. The summed E-state index contributed by atoms with van der Waals surface area (Å²) in [5, 5.41) is 0.437. The molecule has 35 heavy (non-hydrogen) atoms. The number of hydroxylamine groups is 2. The van der Waals surface area contributed by atoms with Crippen molar-refractivity contribution in [3.05, 3.63) is 81.2 Å². The third kappa shape index (κ3) is 6.69. The van der Waals surface area contributed by atoms with E-state index in [1.165, 1.54) is 0 Å². The second kappa shape index (κ2) is 11.0. The monoisotopic (exact) mass is 563 g/mol. The van der Waals surface area contributed by atoms with Crippen molar-refractivity contribution >= 4 is 27.8 Å². The molecule has 0 fully saturated rings. The standard InChI is InChI=1S/C22H19BrF5N3O4/c23-18-19(32)30(10-14-3-1-2-13(8-14)6-7-29)12-31(35-21(33)22(26,27)28)20(18)34-11-15-4-5-16(24)9-17(15)25/h1-5,8-9H,6-7,10-12,29H2.